The fourth-order valence-electron chi connectivity index (χ4n) is 3.87. The minimum Gasteiger partial charge on any atom is -0.506 e. The van der Waals surface area contributed by atoms with Crippen LogP contribution in [0.25, 0.3) is 33.6 Å². The molecule has 0 saturated carbocycles. The first-order chi connectivity index (χ1) is 16.2. The Kier molecular flexibility index (Phi) is 5.48. The standard InChI is InChI=1S/C25H22N4O4/c1-2-3-12-17-21(15-9-5-4-6-10-15)23(30)22(24(31)26-17)25-28-27-20(32-25)14-18-16-11-7-8-13-19(16)33-29-18/h4-11,13H,2-3,12,14H2,1H3,(H2,26,30,31). The molecule has 8 heteroatoms. The third-order valence-electron chi connectivity index (χ3n) is 5.51. The van der Waals surface area contributed by atoms with Crippen LogP contribution in [-0.2, 0) is 12.8 Å². The van der Waals surface area contributed by atoms with Crippen LogP contribution in [0.1, 0.15) is 37.0 Å². The summed E-state index contributed by atoms with van der Waals surface area (Å²) in [6, 6.07) is 17.0. The van der Waals surface area contributed by atoms with Gasteiger partial charge in [0.1, 0.15) is 17.0 Å². The predicted octanol–water partition coefficient (Wildman–Crippen LogP) is 5.28. The molecule has 0 aliphatic carbocycles. The van der Waals surface area contributed by atoms with Gasteiger partial charge in [0.15, 0.2) is 5.58 Å². The van der Waals surface area contributed by atoms with E-state index in [1.807, 2.05) is 54.6 Å². The summed E-state index contributed by atoms with van der Waals surface area (Å²) in [4.78, 5) is 4.39. The fourth-order valence-corrected chi connectivity index (χ4v) is 3.87. The van der Waals surface area contributed by atoms with Gasteiger partial charge in [0.05, 0.1) is 12.1 Å². The van der Waals surface area contributed by atoms with Crippen LogP contribution in [0.5, 0.6) is 11.6 Å². The van der Waals surface area contributed by atoms with Gasteiger partial charge in [-0.3, -0.25) is 0 Å². The summed E-state index contributed by atoms with van der Waals surface area (Å²) in [5, 5.41) is 35.0. The van der Waals surface area contributed by atoms with Gasteiger partial charge in [0.25, 0.3) is 5.89 Å². The quantitative estimate of drug-likeness (QED) is 0.349. The third kappa shape index (κ3) is 3.91. The number of aryl methyl sites for hydroxylation is 1. The Balaban J connectivity index is 1.55. The average Bonchev–Trinajstić information content (AvgIpc) is 3.46. The number of aromatic hydroxyl groups is 2. The van der Waals surface area contributed by atoms with E-state index < -0.39 is 0 Å². The average molecular weight is 442 g/mol. The number of aromatic nitrogens is 4. The van der Waals surface area contributed by atoms with E-state index in [0.29, 0.717) is 29.0 Å². The van der Waals surface area contributed by atoms with Gasteiger partial charge in [-0.2, -0.15) is 0 Å². The molecule has 0 atom stereocenters. The molecule has 0 fully saturated rings. The van der Waals surface area contributed by atoms with Crippen LogP contribution in [0.2, 0.25) is 0 Å². The van der Waals surface area contributed by atoms with Gasteiger partial charge in [0, 0.05) is 10.9 Å². The van der Waals surface area contributed by atoms with Crippen molar-refractivity contribution in [3.63, 3.8) is 0 Å². The highest BCUT2D eigenvalue weighted by atomic mass is 16.5. The second kappa shape index (κ2) is 8.74. The number of hydrogen-bond donors (Lipinski definition) is 2. The maximum atomic E-state index is 11.2. The number of fused-ring (bicyclic) bond motifs is 1. The molecule has 0 aliphatic rings. The molecule has 8 nitrogen and oxygen atoms in total. The minimum atomic E-state index is -0.347. The Bertz CT molecular complexity index is 1410. The first-order valence-electron chi connectivity index (χ1n) is 10.8. The van der Waals surface area contributed by atoms with Gasteiger partial charge in [-0.15, -0.1) is 10.2 Å². The molecule has 33 heavy (non-hydrogen) atoms. The number of pyridine rings is 1. The fraction of sp³-hybridized carbons (Fsp3) is 0.200. The summed E-state index contributed by atoms with van der Waals surface area (Å²) in [7, 11) is 0. The molecule has 2 aromatic carbocycles. The lowest BCUT2D eigenvalue weighted by atomic mass is 9.97. The van der Waals surface area contributed by atoms with Crippen LogP contribution in [0.3, 0.4) is 0 Å². The van der Waals surface area contributed by atoms with E-state index in [1.165, 1.54) is 0 Å². The number of hydrogen-bond acceptors (Lipinski definition) is 8. The normalized spacial score (nSPS) is 11.3. The summed E-state index contributed by atoms with van der Waals surface area (Å²) in [5.41, 5.74) is 3.31. The van der Waals surface area contributed by atoms with Crippen LogP contribution in [-0.4, -0.2) is 30.6 Å². The molecule has 0 bridgehead atoms. The van der Waals surface area contributed by atoms with Gasteiger partial charge < -0.3 is 19.2 Å². The zero-order chi connectivity index (χ0) is 22.8. The Morgan fingerprint density at radius 1 is 0.879 bits per heavy atom. The molecular formula is C25H22N4O4. The van der Waals surface area contributed by atoms with E-state index in [2.05, 4.69) is 27.3 Å². The van der Waals surface area contributed by atoms with Crippen molar-refractivity contribution in [2.45, 2.75) is 32.6 Å². The Morgan fingerprint density at radius 3 is 2.48 bits per heavy atom. The van der Waals surface area contributed by atoms with Gasteiger partial charge >= 0.3 is 0 Å². The summed E-state index contributed by atoms with van der Waals surface area (Å²) in [6.45, 7) is 2.08. The zero-order valence-electron chi connectivity index (χ0n) is 18.0. The lowest BCUT2D eigenvalue weighted by molar-refractivity contribution is 0.427. The van der Waals surface area contributed by atoms with Gasteiger partial charge in [0.2, 0.25) is 11.8 Å². The van der Waals surface area contributed by atoms with Crippen molar-refractivity contribution < 1.29 is 19.2 Å². The molecule has 5 rings (SSSR count). The molecule has 3 aromatic heterocycles. The number of nitrogens with zero attached hydrogens (tertiary/aromatic N) is 4. The molecule has 2 N–H and O–H groups in total. The van der Waals surface area contributed by atoms with Crippen molar-refractivity contribution in [1.82, 2.24) is 20.3 Å². The van der Waals surface area contributed by atoms with Gasteiger partial charge in [-0.05, 0) is 30.5 Å². The molecule has 0 spiro atoms. The van der Waals surface area contributed by atoms with Crippen LogP contribution in [0.4, 0.5) is 0 Å². The minimum absolute atomic E-state index is 0.0119. The van der Waals surface area contributed by atoms with Crippen LogP contribution in [0, 0.1) is 0 Å². The van der Waals surface area contributed by atoms with E-state index >= 15 is 0 Å². The van der Waals surface area contributed by atoms with Gasteiger partial charge in [-0.1, -0.05) is 61.0 Å². The number of para-hydroxylation sites is 1. The van der Waals surface area contributed by atoms with Crippen molar-refractivity contribution in [2.24, 2.45) is 0 Å². The molecule has 0 aliphatic heterocycles. The summed E-state index contributed by atoms with van der Waals surface area (Å²) < 4.78 is 11.1. The lowest BCUT2D eigenvalue weighted by Gasteiger charge is -2.14. The largest absolute Gasteiger partial charge is 0.506 e. The maximum Gasteiger partial charge on any atom is 0.257 e. The highest BCUT2D eigenvalue weighted by Gasteiger charge is 2.25. The Labute approximate surface area is 189 Å². The Morgan fingerprint density at radius 2 is 1.67 bits per heavy atom. The molecule has 0 radical (unpaired) electrons. The highest BCUT2D eigenvalue weighted by Crippen LogP contribution is 2.44. The molecule has 166 valence electrons. The van der Waals surface area contributed by atoms with Crippen molar-refractivity contribution in [2.75, 3.05) is 0 Å². The van der Waals surface area contributed by atoms with E-state index in [4.69, 9.17) is 8.94 Å². The van der Waals surface area contributed by atoms with E-state index in [-0.39, 0.29) is 35.4 Å². The monoisotopic (exact) mass is 442 g/mol. The number of benzene rings is 2. The molecule has 0 unspecified atom stereocenters. The number of unbranched alkanes of at least 4 members (excludes halogenated alkanes) is 1. The highest BCUT2D eigenvalue weighted by molar-refractivity contribution is 5.83. The molecule has 0 amide bonds. The topological polar surface area (TPSA) is 118 Å². The van der Waals surface area contributed by atoms with E-state index in [9.17, 15) is 10.2 Å². The lowest BCUT2D eigenvalue weighted by Crippen LogP contribution is -1.98. The van der Waals surface area contributed by atoms with Crippen LogP contribution >= 0.6 is 0 Å². The zero-order valence-corrected chi connectivity index (χ0v) is 18.0. The molecule has 5 aromatic rings. The van der Waals surface area contributed by atoms with E-state index in [1.54, 1.807) is 0 Å². The van der Waals surface area contributed by atoms with E-state index in [0.717, 1.165) is 23.8 Å². The van der Waals surface area contributed by atoms with Crippen molar-refractivity contribution in [3.05, 3.63) is 71.9 Å². The number of rotatable bonds is 7. The van der Waals surface area contributed by atoms with Crippen LogP contribution in [0.15, 0.2) is 63.5 Å². The predicted molar refractivity (Wildman–Crippen MR) is 122 cm³/mol. The molecular weight excluding hydrogens is 420 g/mol. The van der Waals surface area contributed by atoms with Crippen molar-refractivity contribution in [3.8, 4) is 34.2 Å². The first kappa shape index (κ1) is 20.7. The summed E-state index contributed by atoms with van der Waals surface area (Å²) in [5.74, 6) is -0.221. The van der Waals surface area contributed by atoms with Crippen molar-refractivity contribution in [1.29, 1.82) is 0 Å². The van der Waals surface area contributed by atoms with Crippen LogP contribution < -0.4 is 0 Å². The van der Waals surface area contributed by atoms with Gasteiger partial charge in [-0.25, -0.2) is 4.98 Å². The molecule has 0 saturated heterocycles. The SMILES string of the molecule is CCCCc1nc(O)c(-c2nnc(Cc3noc4ccccc34)o2)c(O)c1-c1ccccc1. The summed E-state index contributed by atoms with van der Waals surface area (Å²) >= 11 is 0. The molecule has 3 heterocycles. The Hall–Kier alpha value is -4.20. The smallest absolute Gasteiger partial charge is 0.257 e. The van der Waals surface area contributed by atoms with Crippen molar-refractivity contribution >= 4 is 11.0 Å². The second-order valence-electron chi connectivity index (χ2n) is 7.75. The maximum absolute atomic E-state index is 11.2. The third-order valence-corrected chi connectivity index (χ3v) is 5.51. The second-order valence-corrected chi connectivity index (χ2v) is 7.75. The first-order valence-corrected chi connectivity index (χ1v) is 10.8. The summed E-state index contributed by atoms with van der Waals surface area (Å²) in [6.07, 6.45) is 2.71.